The number of ether oxygens (including phenoxy) is 2. The van der Waals surface area contributed by atoms with Crippen molar-refractivity contribution in [1.82, 2.24) is 5.43 Å². The van der Waals surface area contributed by atoms with Gasteiger partial charge in [0.05, 0.1) is 18.4 Å². The van der Waals surface area contributed by atoms with E-state index < -0.39 is 0 Å². The first-order valence-electron chi connectivity index (χ1n) is 12.4. The highest BCUT2D eigenvalue weighted by Crippen LogP contribution is 2.36. The minimum Gasteiger partial charge on any atom is -0.484 e. The summed E-state index contributed by atoms with van der Waals surface area (Å²) in [6, 6.07) is 18.3. The molecule has 0 aliphatic carbocycles. The van der Waals surface area contributed by atoms with E-state index in [1.165, 1.54) is 11.8 Å². The van der Waals surface area contributed by atoms with Gasteiger partial charge in [-0.1, -0.05) is 58.9 Å². The van der Waals surface area contributed by atoms with E-state index >= 15 is 0 Å². The molecule has 0 fully saturated rings. The molecule has 1 heterocycles. The van der Waals surface area contributed by atoms with Crippen molar-refractivity contribution in [3.8, 4) is 17.1 Å². The van der Waals surface area contributed by atoms with Crippen LogP contribution >= 0.6 is 0 Å². The molecule has 0 unspecified atom stereocenters. The molecule has 0 spiro atoms. The van der Waals surface area contributed by atoms with Gasteiger partial charge in [-0.2, -0.15) is 5.10 Å². The van der Waals surface area contributed by atoms with Gasteiger partial charge in [-0.15, -0.1) is 0 Å². The van der Waals surface area contributed by atoms with Crippen LogP contribution in [0.1, 0.15) is 69.6 Å². The molecule has 196 valence electrons. The van der Waals surface area contributed by atoms with Crippen molar-refractivity contribution < 1.29 is 23.5 Å². The molecule has 0 atom stereocenters. The zero-order valence-electron chi connectivity index (χ0n) is 22.5. The second kappa shape index (κ2) is 11.9. The first-order valence-corrected chi connectivity index (χ1v) is 12.4. The Morgan fingerprint density at radius 3 is 2.24 bits per heavy atom. The summed E-state index contributed by atoms with van der Waals surface area (Å²) in [6.45, 7) is 13.1. The molecule has 7 heteroatoms. The van der Waals surface area contributed by atoms with Crippen LogP contribution in [0.15, 0.2) is 70.2 Å². The van der Waals surface area contributed by atoms with Crippen LogP contribution in [-0.4, -0.2) is 31.3 Å². The van der Waals surface area contributed by atoms with E-state index in [-0.39, 0.29) is 29.3 Å². The highest BCUT2D eigenvalue weighted by atomic mass is 16.5. The quantitative estimate of drug-likeness (QED) is 0.197. The van der Waals surface area contributed by atoms with E-state index in [9.17, 15) is 9.59 Å². The molecule has 2 aromatic carbocycles. The largest absolute Gasteiger partial charge is 0.484 e. The lowest BCUT2D eigenvalue weighted by Gasteiger charge is -2.33. The van der Waals surface area contributed by atoms with Gasteiger partial charge in [-0.25, -0.2) is 10.2 Å². The van der Waals surface area contributed by atoms with E-state index in [2.05, 4.69) is 57.3 Å². The Morgan fingerprint density at radius 2 is 1.62 bits per heavy atom. The van der Waals surface area contributed by atoms with Crippen LogP contribution in [0, 0.1) is 5.41 Å². The van der Waals surface area contributed by atoms with Crippen molar-refractivity contribution in [2.45, 2.75) is 53.4 Å². The SMILES string of the molecule is CCOC(=O)c1ccc(-c2ccc(C=NNC(=O)COc3ccc(C(C)(C)CC(C)(C)C)cc3)o2)cc1. The number of furan rings is 1. The number of esters is 1. The maximum atomic E-state index is 12.1. The van der Waals surface area contributed by atoms with Crippen LogP contribution in [-0.2, 0) is 14.9 Å². The Bertz CT molecular complexity index is 1220. The van der Waals surface area contributed by atoms with Crippen molar-refractivity contribution in [1.29, 1.82) is 0 Å². The summed E-state index contributed by atoms with van der Waals surface area (Å²) in [6.07, 6.45) is 2.47. The molecular formula is C30H36N2O5. The van der Waals surface area contributed by atoms with Crippen molar-refractivity contribution in [2.24, 2.45) is 10.5 Å². The normalized spacial score (nSPS) is 11.9. The summed E-state index contributed by atoms with van der Waals surface area (Å²) in [7, 11) is 0. The van der Waals surface area contributed by atoms with Crippen molar-refractivity contribution in [3.05, 3.63) is 77.6 Å². The molecule has 0 bridgehead atoms. The monoisotopic (exact) mass is 504 g/mol. The molecule has 0 radical (unpaired) electrons. The summed E-state index contributed by atoms with van der Waals surface area (Å²) in [5.74, 6) is 0.965. The Morgan fingerprint density at radius 1 is 0.946 bits per heavy atom. The third-order valence-electron chi connectivity index (χ3n) is 5.67. The summed E-state index contributed by atoms with van der Waals surface area (Å²) in [4.78, 5) is 23.9. The number of hydrazone groups is 1. The molecule has 7 nitrogen and oxygen atoms in total. The van der Waals surface area contributed by atoms with Crippen LogP contribution in [0.25, 0.3) is 11.3 Å². The first-order chi connectivity index (χ1) is 17.5. The summed E-state index contributed by atoms with van der Waals surface area (Å²) < 4.78 is 16.3. The average molecular weight is 505 g/mol. The van der Waals surface area contributed by atoms with Gasteiger partial charge in [0, 0.05) is 5.56 Å². The summed E-state index contributed by atoms with van der Waals surface area (Å²) in [5.41, 5.74) is 5.22. The van der Waals surface area contributed by atoms with Crippen LogP contribution in [0.3, 0.4) is 0 Å². The Labute approximate surface area is 218 Å². The van der Waals surface area contributed by atoms with Crippen LogP contribution in [0.4, 0.5) is 0 Å². The van der Waals surface area contributed by atoms with E-state index in [0.29, 0.717) is 29.4 Å². The van der Waals surface area contributed by atoms with E-state index in [0.717, 1.165) is 12.0 Å². The minimum atomic E-state index is -0.380. The van der Waals surface area contributed by atoms with Crippen molar-refractivity contribution >= 4 is 18.1 Å². The number of nitrogens with zero attached hydrogens (tertiary/aromatic N) is 1. The molecule has 37 heavy (non-hydrogen) atoms. The van der Waals surface area contributed by atoms with Gasteiger partial charge < -0.3 is 13.9 Å². The third-order valence-corrected chi connectivity index (χ3v) is 5.67. The van der Waals surface area contributed by atoms with Crippen LogP contribution in [0.2, 0.25) is 0 Å². The highest BCUT2D eigenvalue weighted by molar-refractivity contribution is 5.90. The zero-order valence-corrected chi connectivity index (χ0v) is 22.5. The average Bonchev–Trinajstić information content (AvgIpc) is 3.31. The minimum absolute atomic E-state index is 0.0423. The molecule has 0 aliphatic heterocycles. The van der Waals surface area contributed by atoms with Gasteiger partial charge in [0.1, 0.15) is 17.3 Å². The lowest BCUT2D eigenvalue weighted by molar-refractivity contribution is -0.123. The molecule has 1 N–H and O–H groups in total. The number of nitrogens with one attached hydrogen (secondary N) is 1. The molecule has 3 rings (SSSR count). The molecule has 0 saturated heterocycles. The number of carbonyl (C=O) groups is 2. The number of benzene rings is 2. The number of hydrogen-bond donors (Lipinski definition) is 1. The molecule has 0 saturated carbocycles. The smallest absolute Gasteiger partial charge is 0.338 e. The standard InChI is InChI=1S/C30H36N2O5/c1-7-35-28(34)22-10-8-21(9-11-22)26-17-16-25(37-26)18-31-32-27(33)19-36-24-14-12-23(13-15-24)30(5,6)20-29(2,3)4/h8-18H,7,19-20H2,1-6H3,(H,32,33). The highest BCUT2D eigenvalue weighted by Gasteiger charge is 2.27. The first kappa shape index (κ1) is 27.7. The Balaban J connectivity index is 1.48. The third kappa shape index (κ3) is 8.34. The van der Waals surface area contributed by atoms with Crippen LogP contribution < -0.4 is 10.2 Å². The molecule has 1 amide bonds. The number of rotatable bonds is 10. The maximum absolute atomic E-state index is 12.1. The number of carbonyl (C=O) groups excluding carboxylic acids is 2. The maximum Gasteiger partial charge on any atom is 0.338 e. The van der Waals surface area contributed by atoms with Gasteiger partial charge in [0.25, 0.3) is 5.91 Å². The second-order valence-electron chi connectivity index (χ2n) is 10.7. The van der Waals surface area contributed by atoms with Gasteiger partial charge in [0.15, 0.2) is 6.61 Å². The van der Waals surface area contributed by atoms with E-state index in [1.54, 1.807) is 43.3 Å². The predicted octanol–water partition coefficient (Wildman–Crippen LogP) is 6.37. The molecule has 3 aromatic rings. The van der Waals surface area contributed by atoms with Gasteiger partial charge >= 0.3 is 5.97 Å². The van der Waals surface area contributed by atoms with Gasteiger partial charge in [0.2, 0.25) is 0 Å². The lowest BCUT2D eigenvalue weighted by atomic mass is 9.72. The zero-order chi connectivity index (χ0) is 27.1. The topological polar surface area (TPSA) is 90.1 Å². The van der Waals surface area contributed by atoms with Crippen molar-refractivity contribution in [3.63, 3.8) is 0 Å². The predicted molar refractivity (Wildman–Crippen MR) is 145 cm³/mol. The fraction of sp³-hybridized carbons (Fsp3) is 0.367. The Hall–Kier alpha value is -3.87. The Kier molecular flexibility index (Phi) is 8.92. The van der Waals surface area contributed by atoms with Gasteiger partial charge in [-0.05, 0) is 66.1 Å². The van der Waals surface area contributed by atoms with Crippen molar-refractivity contribution in [2.75, 3.05) is 13.2 Å². The fourth-order valence-corrected chi connectivity index (χ4v) is 4.34. The van der Waals surface area contributed by atoms with E-state index in [1.807, 2.05) is 12.1 Å². The second-order valence-corrected chi connectivity index (χ2v) is 10.7. The van der Waals surface area contributed by atoms with Gasteiger partial charge in [-0.3, -0.25) is 4.79 Å². The number of hydrogen-bond acceptors (Lipinski definition) is 6. The van der Waals surface area contributed by atoms with Crippen LogP contribution in [0.5, 0.6) is 5.75 Å². The lowest BCUT2D eigenvalue weighted by Crippen LogP contribution is -2.25. The fourth-order valence-electron chi connectivity index (χ4n) is 4.34. The number of amides is 1. The molecule has 1 aromatic heterocycles. The summed E-state index contributed by atoms with van der Waals surface area (Å²) >= 11 is 0. The molecule has 0 aliphatic rings. The van der Waals surface area contributed by atoms with E-state index in [4.69, 9.17) is 13.9 Å². The molecular weight excluding hydrogens is 468 g/mol. The summed E-state index contributed by atoms with van der Waals surface area (Å²) in [5, 5.41) is 3.94.